The van der Waals surface area contributed by atoms with E-state index in [1.54, 1.807) is 36.7 Å². The number of carbonyl (C=O) groups excluding carboxylic acids is 2. The summed E-state index contributed by atoms with van der Waals surface area (Å²) in [6.07, 6.45) is 2.74. The van der Waals surface area contributed by atoms with Crippen LogP contribution in [0, 0.1) is 24.4 Å². The molecule has 0 aliphatic heterocycles. The molecule has 1 N–H and O–H groups in total. The number of nitrogens with zero attached hydrogens (tertiary/aromatic N) is 3. The molecule has 2 aromatic carbocycles. The van der Waals surface area contributed by atoms with E-state index in [4.69, 9.17) is 0 Å². The number of aromatic nitrogens is 2. The molecular formula is C25H27F3N4O2. The van der Waals surface area contributed by atoms with Crippen LogP contribution in [0.5, 0.6) is 0 Å². The van der Waals surface area contributed by atoms with Gasteiger partial charge in [-0.05, 0) is 38.5 Å². The van der Waals surface area contributed by atoms with Crippen molar-refractivity contribution in [2.45, 2.75) is 39.3 Å². The predicted octanol–water partition coefficient (Wildman–Crippen LogP) is 4.19. The van der Waals surface area contributed by atoms with Gasteiger partial charge in [0.05, 0.1) is 5.69 Å². The zero-order chi connectivity index (χ0) is 25.2. The number of rotatable bonds is 8. The van der Waals surface area contributed by atoms with Crippen LogP contribution in [0.4, 0.5) is 18.9 Å². The summed E-state index contributed by atoms with van der Waals surface area (Å²) in [4.78, 5) is 26.5. The Balaban J connectivity index is 1.91. The first kappa shape index (κ1) is 25.0. The molecule has 180 valence electrons. The van der Waals surface area contributed by atoms with Crippen molar-refractivity contribution >= 4 is 17.9 Å². The number of hydrogen-bond acceptors (Lipinski definition) is 4. The van der Waals surface area contributed by atoms with Crippen molar-refractivity contribution in [1.29, 1.82) is 0 Å². The Labute approximate surface area is 196 Å². The number of hydrogen-bond donors (Lipinski definition) is 1. The number of anilines is 1. The van der Waals surface area contributed by atoms with Crippen LogP contribution in [0.25, 0.3) is 0 Å². The molecule has 0 aliphatic rings. The van der Waals surface area contributed by atoms with Crippen molar-refractivity contribution in [2.75, 3.05) is 11.9 Å². The zero-order valence-corrected chi connectivity index (χ0v) is 19.7. The van der Waals surface area contributed by atoms with E-state index in [9.17, 15) is 22.8 Å². The predicted molar refractivity (Wildman–Crippen MR) is 123 cm³/mol. The van der Waals surface area contributed by atoms with E-state index in [0.717, 1.165) is 23.1 Å². The van der Waals surface area contributed by atoms with Gasteiger partial charge in [0, 0.05) is 73.3 Å². The number of amides is 1. The third kappa shape index (κ3) is 5.30. The average Bonchev–Trinajstić information content (AvgIpc) is 3.08. The number of nitrogens with one attached hydrogen (secondary N) is 1. The minimum Gasteiger partial charge on any atom is -0.370 e. The largest absolute Gasteiger partial charge is 0.370 e. The van der Waals surface area contributed by atoms with Gasteiger partial charge in [0.15, 0.2) is 0 Å². The summed E-state index contributed by atoms with van der Waals surface area (Å²) >= 11 is 0. The maximum atomic E-state index is 13.9. The van der Waals surface area contributed by atoms with E-state index in [2.05, 4.69) is 10.4 Å². The van der Waals surface area contributed by atoms with Gasteiger partial charge in [-0.15, -0.1) is 0 Å². The summed E-state index contributed by atoms with van der Waals surface area (Å²) in [6, 6.07) is 6.02. The van der Waals surface area contributed by atoms with E-state index in [1.807, 2.05) is 32.1 Å². The fraction of sp³-hybridized carbons (Fsp3) is 0.320. The molecule has 0 fully saturated rings. The molecule has 9 heteroatoms. The smallest absolute Gasteiger partial charge is 0.251 e. The zero-order valence-electron chi connectivity index (χ0n) is 19.7. The van der Waals surface area contributed by atoms with Gasteiger partial charge in [0.2, 0.25) is 0 Å². The molecule has 0 saturated carbocycles. The van der Waals surface area contributed by atoms with Crippen LogP contribution in [0.15, 0.2) is 36.5 Å². The third-order valence-electron chi connectivity index (χ3n) is 5.71. The standard InChI is InChI=1S/C25H27F3N4O2/c1-15-17(13-32(5)30-15)12-31(4)23-8-16(6-7-20(23)25(2,3)14-33)24(34)29-11-19-21(27)9-18(26)10-22(19)28/h6-10,13-14H,11-12H2,1-5H3,(H,29,34). The molecule has 3 rings (SSSR count). The fourth-order valence-corrected chi connectivity index (χ4v) is 3.75. The van der Waals surface area contributed by atoms with Crippen LogP contribution in [-0.4, -0.2) is 29.0 Å². The van der Waals surface area contributed by atoms with E-state index in [-0.39, 0.29) is 5.56 Å². The summed E-state index contributed by atoms with van der Waals surface area (Å²) < 4.78 is 42.7. The van der Waals surface area contributed by atoms with E-state index in [1.165, 1.54) is 0 Å². The number of benzene rings is 2. The average molecular weight is 473 g/mol. The van der Waals surface area contributed by atoms with Gasteiger partial charge in [0.25, 0.3) is 5.91 Å². The maximum Gasteiger partial charge on any atom is 0.251 e. The van der Waals surface area contributed by atoms with Gasteiger partial charge in [-0.3, -0.25) is 9.48 Å². The summed E-state index contributed by atoms with van der Waals surface area (Å²) in [5.74, 6) is -3.75. The molecule has 0 unspecified atom stereocenters. The highest BCUT2D eigenvalue weighted by Gasteiger charge is 2.26. The van der Waals surface area contributed by atoms with Crippen molar-refractivity contribution in [2.24, 2.45) is 7.05 Å². The van der Waals surface area contributed by atoms with Crippen molar-refractivity contribution in [3.63, 3.8) is 0 Å². The Hall–Kier alpha value is -3.62. The van der Waals surface area contributed by atoms with Crippen molar-refractivity contribution in [3.8, 4) is 0 Å². The topological polar surface area (TPSA) is 67.2 Å². The van der Waals surface area contributed by atoms with E-state index in [0.29, 0.717) is 24.4 Å². The fourth-order valence-electron chi connectivity index (χ4n) is 3.75. The van der Waals surface area contributed by atoms with Gasteiger partial charge >= 0.3 is 0 Å². The molecule has 0 spiro atoms. The number of halogens is 3. The first-order chi connectivity index (χ1) is 15.9. The lowest BCUT2D eigenvalue weighted by molar-refractivity contribution is -0.111. The molecule has 0 aliphatic carbocycles. The second-order valence-corrected chi connectivity index (χ2v) is 8.87. The lowest BCUT2D eigenvalue weighted by Crippen LogP contribution is -2.28. The molecule has 0 bridgehead atoms. The highest BCUT2D eigenvalue weighted by atomic mass is 19.1. The Morgan fingerprint density at radius 1 is 1.18 bits per heavy atom. The SMILES string of the molecule is Cc1nn(C)cc1CN(C)c1cc(C(=O)NCc2c(F)cc(F)cc2F)ccc1C(C)(C)C=O. The Morgan fingerprint density at radius 2 is 1.82 bits per heavy atom. The van der Waals surface area contributed by atoms with Gasteiger partial charge < -0.3 is 15.0 Å². The number of carbonyl (C=O) groups is 2. The van der Waals surface area contributed by atoms with Crippen LogP contribution >= 0.6 is 0 Å². The number of aryl methyl sites for hydroxylation is 2. The van der Waals surface area contributed by atoms with Gasteiger partial charge in [-0.1, -0.05) is 6.07 Å². The molecule has 0 atom stereocenters. The van der Waals surface area contributed by atoms with Crippen LogP contribution in [0.3, 0.4) is 0 Å². The molecule has 3 aromatic rings. The lowest BCUT2D eigenvalue weighted by atomic mass is 9.84. The summed E-state index contributed by atoms with van der Waals surface area (Å²) in [5, 5.41) is 6.82. The number of aldehydes is 1. The Bertz CT molecular complexity index is 1210. The van der Waals surface area contributed by atoms with E-state index >= 15 is 0 Å². The minimum atomic E-state index is -1.08. The van der Waals surface area contributed by atoms with Crippen LogP contribution in [0.1, 0.15) is 46.6 Å². The van der Waals surface area contributed by atoms with Crippen LogP contribution < -0.4 is 10.2 Å². The van der Waals surface area contributed by atoms with Gasteiger partial charge in [0.1, 0.15) is 23.7 Å². The van der Waals surface area contributed by atoms with E-state index < -0.39 is 40.9 Å². The van der Waals surface area contributed by atoms with Crippen molar-refractivity contribution in [3.05, 3.63) is 81.9 Å². The first-order valence-electron chi connectivity index (χ1n) is 10.7. The molecule has 0 radical (unpaired) electrons. The Morgan fingerprint density at radius 3 is 2.38 bits per heavy atom. The molecule has 6 nitrogen and oxygen atoms in total. The quantitative estimate of drug-likeness (QED) is 0.500. The molecule has 34 heavy (non-hydrogen) atoms. The molecule has 1 aromatic heterocycles. The highest BCUT2D eigenvalue weighted by Crippen LogP contribution is 2.32. The van der Waals surface area contributed by atoms with Gasteiger partial charge in [-0.25, -0.2) is 13.2 Å². The summed E-state index contributed by atoms with van der Waals surface area (Å²) in [7, 11) is 3.67. The van der Waals surface area contributed by atoms with Crippen LogP contribution in [-0.2, 0) is 30.3 Å². The lowest BCUT2D eigenvalue weighted by Gasteiger charge is -2.28. The minimum absolute atomic E-state index is 0.248. The van der Waals surface area contributed by atoms with Gasteiger partial charge in [-0.2, -0.15) is 5.10 Å². The summed E-state index contributed by atoms with van der Waals surface area (Å²) in [6.45, 7) is 5.50. The molecular weight excluding hydrogens is 445 g/mol. The van der Waals surface area contributed by atoms with Crippen molar-refractivity contribution in [1.82, 2.24) is 15.1 Å². The second-order valence-electron chi connectivity index (χ2n) is 8.87. The normalized spacial score (nSPS) is 11.4. The second kappa shape index (κ2) is 9.70. The monoisotopic (exact) mass is 472 g/mol. The molecule has 1 heterocycles. The highest BCUT2D eigenvalue weighted by molar-refractivity contribution is 5.95. The Kier molecular flexibility index (Phi) is 7.14. The molecule has 1 amide bonds. The van der Waals surface area contributed by atoms with Crippen molar-refractivity contribution < 1.29 is 22.8 Å². The molecule has 0 saturated heterocycles. The third-order valence-corrected chi connectivity index (χ3v) is 5.71. The first-order valence-corrected chi connectivity index (χ1v) is 10.7. The van der Waals surface area contributed by atoms with Crippen LogP contribution in [0.2, 0.25) is 0 Å². The maximum absolute atomic E-state index is 13.9. The summed E-state index contributed by atoms with van der Waals surface area (Å²) in [5.41, 5.74) is 2.23.